The van der Waals surface area contributed by atoms with Crippen LogP contribution >= 0.6 is 0 Å². The van der Waals surface area contributed by atoms with Gasteiger partial charge in [-0.25, -0.2) is 5.26 Å². The first kappa shape index (κ1) is 32.5. The summed E-state index contributed by atoms with van der Waals surface area (Å²) in [7, 11) is 11.0. The molecule has 1 N–H and O–H groups in total. The van der Waals surface area contributed by atoms with Gasteiger partial charge in [-0.1, -0.05) is 24.3 Å². The van der Waals surface area contributed by atoms with Crippen molar-refractivity contribution in [3.63, 3.8) is 0 Å². The second-order valence-corrected chi connectivity index (χ2v) is 12.3. The first-order valence-electron chi connectivity index (χ1n) is 16.0. The van der Waals surface area contributed by atoms with Crippen molar-refractivity contribution in [1.29, 1.82) is 0 Å². The molecule has 0 fully saturated rings. The van der Waals surface area contributed by atoms with E-state index in [-0.39, 0.29) is 12.1 Å². The number of fused-ring (bicyclic) bond motifs is 2. The Morgan fingerprint density at radius 3 is 1.74 bits per heavy atom. The van der Waals surface area contributed by atoms with Crippen LogP contribution in [-0.2, 0) is 25.7 Å². The zero-order valence-electron chi connectivity index (χ0n) is 28.0. The molecule has 6 rings (SSSR count). The molecule has 2 atom stereocenters. The molecule has 4 aromatic carbocycles. The molecule has 0 saturated heterocycles. The molecule has 2 heterocycles. The van der Waals surface area contributed by atoms with E-state index in [4.69, 9.17) is 28.9 Å². The molecule has 9 heteroatoms. The molecule has 248 valence electrons. The molecule has 47 heavy (non-hydrogen) atoms. The highest BCUT2D eigenvalue weighted by Crippen LogP contribution is 2.50. The van der Waals surface area contributed by atoms with E-state index in [2.05, 4.69) is 59.1 Å². The Morgan fingerprint density at radius 1 is 0.617 bits per heavy atom. The van der Waals surface area contributed by atoms with Gasteiger partial charge in [0.15, 0.2) is 28.7 Å². The second-order valence-electron chi connectivity index (χ2n) is 12.3. The van der Waals surface area contributed by atoms with Gasteiger partial charge < -0.3 is 28.6 Å². The van der Waals surface area contributed by atoms with Crippen LogP contribution in [0, 0.1) is 0 Å². The van der Waals surface area contributed by atoms with Crippen molar-refractivity contribution in [1.82, 2.24) is 9.80 Å². The molecular formula is C38H44N2O7. The summed E-state index contributed by atoms with van der Waals surface area (Å²) in [5.41, 5.74) is 7.18. The first-order chi connectivity index (χ1) is 22.9. The monoisotopic (exact) mass is 640 g/mol. The summed E-state index contributed by atoms with van der Waals surface area (Å²) in [6.07, 6.45) is 3.43. The van der Waals surface area contributed by atoms with Gasteiger partial charge >= 0.3 is 0 Å². The van der Waals surface area contributed by atoms with Gasteiger partial charge in [0, 0.05) is 30.7 Å². The van der Waals surface area contributed by atoms with Crippen molar-refractivity contribution in [3.8, 4) is 40.2 Å². The fraction of sp³-hybridized carbons (Fsp3) is 0.368. The fourth-order valence-electron chi connectivity index (χ4n) is 6.99. The molecule has 0 radical (unpaired) electrons. The zero-order chi connectivity index (χ0) is 33.1. The van der Waals surface area contributed by atoms with Crippen LogP contribution in [0.3, 0.4) is 0 Å². The lowest BCUT2D eigenvalue weighted by molar-refractivity contribution is -0.137. The van der Waals surface area contributed by atoms with Gasteiger partial charge in [0.1, 0.15) is 5.75 Å². The van der Waals surface area contributed by atoms with E-state index in [1.165, 1.54) is 22.3 Å². The summed E-state index contributed by atoms with van der Waals surface area (Å²) in [6, 6.07) is 22.4. The van der Waals surface area contributed by atoms with Gasteiger partial charge in [-0.15, -0.1) is 0 Å². The molecule has 9 nitrogen and oxygen atoms in total. The Kier molecular flexibility index (Phi) is 9.77. The maximum atomic E-state index is 9.03. The first-order valence-corrected chi connectivity index (χ1v) is 16.0. The summed E-state index contributed by atoms with van der Waals surface area (Å²) in [6.45, 7) is 1.88. The van der Waals surface area contributed by atoms with E-state index >= 15 is 0 Å². The highest BCUT2D eigenvalue weighted by molar-refractivity contribution is 5.62. The van der Waals surface area contributed by atoms with Crippen LogP contribution in [0.5, 0.6) is 40.2 Å². The smallest absolute Gasteiger partial charge is 0.204 e. The normalized spacial score (nSPS) is 17.8. The number of methoxy groups -OCH3 is 4. The molecule has 2 aliphatic heterocycles. The average Bonchev–Trinajstić information content (AvgIpc) is 3.10. The zero-order valence-corrected chi connectivity index (χ0v) is 28.0. The molecular weight excluding hydrogens is 596 g/mol. The summed E-state index contributed by atoms with van der Waals surface area (Å²) in [5, 5.41) is 9.03. The van der Waals surface area contributed by atoms with Crippen molar-refractivity contribution in [2.24, 2.45) is 0 Å². The second kappa shape index (κ2) is 14.1. The van der Waals surface area contributed by atoms with E-state index in [1.807, 2.05) is 24.3 Å². The highest BCUT2D eigenvalue weighted by Gasteiger charge is 2.33. The Bertz CT molecular complexity index is 1690. The standard InChI is InChI=1S/C38H44N2O7/c1-39-17-15-26-21-33(42-3)34(43-4)23-30(26)31(39)19-24-7-11-28(12-8-24)46-38-36-27(22-35(44-5)37(38)45-6)16-18-40(2)32(36)20-25-9-13-29(47-41)14-10-25/h7-14,21-23,31-32,41H,15-20H2,1-6H3/t31-,32-/m1/s1. The highest BCUT2D eigenvalue weighted by atomic mass is 17.1. The predicted octanol–water partition coefficient (Wildman–Crippen LogP) is 6.91. The fourth-order valence-corrected chi connectivity index (χ4v) is 6.99. The van der Waals surface area contributed by atoms with E-state index in [1.54, 1.807) is 40.6 Å². The lowest BCUT2D eigenvalue weighted by Gasteiger charge is -2.36. The largest absolute Gasteiger partial charge is 0.493 e. The predicted molar refractivity (Wildman–Crippen MR) is 181 cm³/mol. The van der Waals surface area contributed by atoms with E-state index in [0.29, 0.717) is 23.0 Å². The molecule has 0 saturated carbocycles. The van der Waals surface area contributed by atoms with Crippen LogP contribution in [-0.4, -0.2) is 70.7 Å². The molecule has 4 aromatic rings. The number of likely N-dealkylation sites (N-methyl/N-ethyl adjacent to an activating group) is 2. The van der Waals surface area contributed by atoms with Crippen LogP contribution in [0.2, 0.25) is 0 Å². The Morgan fingerprint density at radius 2 is 1.15 bits per heavy atom. The Labute approximate surface area is 277 Å². The van der Waals surface area contributed by atoms with Crippen LogP contribution in [0.4, 0.5) is 0 Å². The van der Waals surface area contributed by atoms with Gasteiger partial charge in [0.2, 0.25) is 5.75 Å². The Hall–Kier alpha value is -4.44. The summed E-state index contributed by atoms with van der Waals surface area (Å²) >= 11 is 0. The third kappa shape index (κ3) is 6.56. The van der Waals surface area contributed by atoms with E-state index < -0.39 is 0 Å². The van der Waals surface area contributed by atoms with Gasteiger partial charge in [-0.2, -0.15) is 0 Å². The molecule has 2 aliphatic rings. The molecule has 0 amide bonds. The van der Waals surface area contributed by atoms with Crippen molar-refractivity contribution in [2.75, 3.05) is 55.6 Å². The number of ether oxygens (including phenoxy) is 5. The topological polar surface area (TPSA) is 82.1 Å². The van der Waals surface area contributed by atoms with Gasteiger partial charge in [-0.3, -0.25) is 9.80 Å². The average molecular weight is 641 g/mol. The third-order valence-electron chi connectivity index (χ3n) is 9.65. The molecule has 0 unspecified atom stereocenters. The van der Waals surface area contributed by atoms with Crippen molar-refractivity contribution < 1.29 is 33.8 Å². The lowest BCUT2D eigenvalue weighted by atomic mass is 9.87. The summed E-state index contributed by atoms with van der Waals surface area (Å²) in [5.74, 6) is 4.55. The van der Waals surface area contributed by atoms with Crippen molar-refractivity contribution in [3.05, 3.63) is 100 Å². The minimum Gasteiger partial charge on any atom is -0.493 e. The van der Waals surface area contributed by atoms with Gasteiger partial charge in [-0.05, 0) is 110 Å². The molecule has 0 spiro atoms. The SMILES string of the molecule is COc1cc2c(cc1OC)[C@@H](Cc1ccc(Oc3c(OC)c(OC)cc4c3[C@@H](Cc3ccc(OO)cc3)N(C)CC4)cc1)N(C)CC2. The van der Waals surface area contributed by atoms with Gasteiger partial charge in [0.25, 0.3) is 0 Å². The number of hydrogen-bond donors (Lipinski definition) is 1. The maximum absolute atomic E-state index is 9.03. The minimum atomic E-state index is 0.0336. The Balaban J connectivity index is 1.30. The summed E-state index contributed by atoms with van der Waals surface area (Å²) in [4.78, 5) is 9.16. The number of nitrogens with zero attached hydrogens (tertiary/aromatic N) is 2. The minimum absolute atomic E-state index is 0.0336. The van der Waals surface area contributed by atoms with E-state index in [9.17, 15) is 0 Å². The van der Waals surface area contributed by atoms with Crippen molar-refractivity contribution in [2.45, 2.75) is 37.8 Å². The van der Waals surface area contributed by atoms with Crippen LogP contribution < -0.4 is 28.6 Å². The third-order valence-corrected chi connectivity index (χ3v) is 9.65. The van der Waals surface area contributed by atoms with Crippen LogP contribution in [0.1, 0.15) is 45.5 Å². The van der Waals surface area contributed by atoms with Crippen LogP contribution in [0.25, 0.3) is 0 Å². The maximum Gasteiger partial charge on any atom is 0.204 e. The quantitative estimate of drug-likeness (QED) is 0.139. The number of rotatable bonds is 11. The molecule has 0 bridgehead atoms. The van der Waals surface area contributed by atoms with Crippen molar-refractivity contribution >= 4 is 0 Å². The summed E-state index contributed by atoms with van der Waals surface area (Å²) < 4.78 is 29.7. The lowest BCUT2D eigenvalue weighted by Crippen LogP contribution is -2.34. The number of hydrogen-bond acceptors (Lipinski definition) is 9. The molecule has 0 aliphatic carbocycles. The van der Waals surface area contributed by atoms with Crippen LogP contribution in [0.15, 0.2) is 66.7 Å². The molecule has 0 aromatic heterocycles. The van der Waals surface area contributed by atoms with Gasteiger partial charge in [0.05, 0.1) is 28.4 Å². The van der Waals surface area contributed by atoms with E-state index in [0.717, 1.165) is 67.1 Å². The number of benzene rings is 4.